The predicted molar refractivity (Wildman–Crippen MR) is 123 cm³/mol. The SMILES string of the molecule is c1ccc(COc2ccc(C3(c4ccc(-c5ccno5)cc4)CC4CCC3C4)cc2)nc1. The molecule has 3 unspecified atom stereocenters. The molecule has 2 heterocycles. The minimum Gasteiger partial charge on any atom is -0.487 e. The molecule has 4 aromatic rings. The lowest BCUT2D eigenvalue weighted by atomic mass is 9.64. The van der Waals surface area contributed by atoms with Gasteiger partial charge in [-0.05, 0) is 66.5 Å². The van der Waals surface area contributed by atoms with Gasteiger partial charge < -0.3 is 9.26 Å². The molecule has 0 N–H and O–H groups in total. The van der Waals surface area contributed by atoms with Crippen molar-refractivity contribution in [2.75, 3.05) is 0 Å². The normalized spacial score (nSPS) is 24.0. The average molecular weight is 423 g/mol. The second-order valence-corrected chi connectivity index (χ2v) is 9.14. The van der Waals surface area contributed by atoms with Crippen molar-refractivity contribution in [3.8, 4) is 17.1 Å². The van der Waals surface area contributed by atoms with Gasteiger partial charge in [0.2, 0.25) is 0 Å². The Kier molecular flexibility index (Phi) is 4.79. The summed E-state index contributed by atoms with van der Waals surface area (Å²) < 4.78 is 11.3. The van der Waals surface area contributed by atoms with Gasteiger partial charge in [-0.25, -0.2) is 0 Å². The Balaban J connectivity index is 1.29. The van der Waals surface area contributed by atoms with Crippen LogP contribution < -0.4 is 4.74 Å². The van der Waals surface area contributed by atoms with Gasteiger partial charge in [0, 0.05) is 23.2 Å². The summed E-state index contributed by atoms with van der Waals surface area (Å²) in [5, 5.41) is 3.84. The Labute approximate surface area is 188 Å². The van der Waals surface area contributed by atoms with Crippen molar-refractivity contribution in [3.05, 3.63) is 102 Å². The van der Waals surface area contributed by atoms with E-state index < -0.39 is 0 Å². The quantitative estimate of drug-likeness (QED) is 0.360. The third-order valence-corrected chi connectivity index (χ3v) is 7.45. The Morgan fingerprint density at radius 3 is 2.31 bits per heavy atom. The predicted octanol–water partition coefficient (Wildman–Crippen LogP) is 6.42. The Morgan fingerprint density at radius 2 is 1.69 bits per heavy atom. The number of fused-ring (bicyclic) bond motifs is 2. The van der Waals surface area contributed by atoms with E-state index >= 15 is 0 Å². The topological polar surface area (TPSA) is 48.2 Å². The number of aromatic nitrogens is 2. The van der Waals surface area contributed by atoms with Gasteiger partial charge in [-0.3, -0.25) is 4.98 Å². The molecule has 2 aliphatic rings. The molecule has 160 valence electrons. The van der Waals surface area contributed by atoms with Gasteiger partial charge >= 0.3 is 0 Å². The van der Waals surface area contributed by atoms with Gasteiger partial charge in [-0.15, -0.1) is 0 Å². The van der Waals surface area contributed by atoms with Crippen molar-refractivity contribution in [1.82, 2.24) is 10.1 Å². The average Bonchev–Trinajstić information content (AvgIpc) is 3.62. The van der Waals surface area contributed by atoms with Crippen LogP contribution in [-0.2, 0) is 12.0 Å². The number of pyridine rings is 1. The summed E-state index contributed by atoms with van der Waals surface area (Å²) in [6.45, 7) is 0.485. The first kappa shape index (κ1) is 19.3. The number of rotatable bonds is 6. The van der Waals surface area contributed by atoms with Gasteiger partial charge in [-0.2, -0.15) is 0 Å². The van der Waals surface area contributed by atoms with Crippen molar-refractivity contribution in [2.45, 2.75) is 37.7 Å². The van der Waals surface area contributed by atoms with E-state index in [1.807, 2.05) is 24.3 Å². The highest BCUT2D eigenvalue weighted by molar-refractivity contribution is 5.58. The monoisotopic (exact) mass is 422 g/mol. The first-order valence-electron chi connectivity index (χ1n) is 11.5. The Hall–Kier alpha value is -3.40. The minimum atomic E-state index is 0.0857. The van der Waals surface area contributed by atoms with Crippen LogP contribution in [0, 0.1) is 11.8 Å². The number of hydrogen-bond acceptors (Lipinski definition) is 4. The summed E-state index contributed by atoms with van der Waals surface area (Å²) in [6, 6.07) is 25.5. The van der Waals surface area contributed by atoms with Gasteiger partial charge in [0.15, 0.2) is 5.76 Å². The molecule has 2 aliphatic carbocycles. The second kappa shape index (κ2) is 7.94. The van der Waals surface area contributed by atoms with Crippen molar-refractivity contribution < 1.29 is 9.26 Å². The summed E-state index contributed by atoms with van der Waals surface area (Å²) in [7, 11) is 0. The first-order valence-corrected chi connectivity index (χ1v) is 11.5. The number of benzene rings is 2. The molecule has 4 nitrogen and oxygen atoms in total. The fraction of sp³-hybridized carbons (Fsp3) is 0.286. The van der Waals surface area contributed by atoms with E-state index in [9.17, 15) is 0 Å². The van der Waals surface area contributed by atoms with Crippen molar-refractivity contribution >= 4 is 0 Å². The van der Waals surface area contributed by atoms with E-state index in [0.29, 0.717) is 12.5 Å². The smallest absolute Gasteiger partial charge is 0.166 e. The van der Waals surface area contributed by atoms with Crippen LogP contribution in [0.15, 0.2) is 89.7 Å². The van der Waals surface area contributed by atoms with E-state index in [1.54, 1.807) is 12.4 Å². The molecule has 2 aromatic heterocycles. The molecule has 2 bridgehead atoms. The molecule has 2 aromatic carbocycles. The minimum absolute atomic E-state index is 0.0857. The fourth-order valence-electron chi connectivity index (χ4n) is 5.99. The molecule has 0 spiro atoms. The largest absolute Gasteiger partial charge is 0.487 e. The maximum atomic E-state index is 5.99. The molecule has 0 radical (unpaired) electrons. The number of hydrogen-bond donors (Lipinski definition) is 0. The van der Waals surface area contributed by atoms with Crippen LogP contribution in [-0.4, -0.2) is 10.1 Å². The third-order valence-electron chi connectivity index (χ3n) is 7.45. The van der Waals surface area contributed by atoms with Crippen LogP contribution in [0.3, 0.4) is 0 Å². The molecule has 0 saturated heterocycles. The molecule has 3 atom stereocenters. The van der Waals surface area contributed by atoms with Gasteiger partial charge in [0.1, 0.15) is 12.4 Å². The molecule has 0 amide bonds. The van der Waals surface area contributed by atoms with Gasteiger partial charge in [0.05, 0.1) is 11.9 Å². The number of ether oxygens (including phenoxy) is 1. The van der Waals surface area contributed by atoms with Crippen LogP contribution in [0.4, 0.5) is 0 Å². The zero-order valence-electron chi connectivity index (χ0n) is 18.0. The summed E-state index contributed by atoms with van der Waals surface area (Å²) >= 11 is 0. The molecule has 2 fully saturated rings. The zero-order valence-corrected chi connectivity index (χ0v) is 18.0. The molecule has 32 heavy (non-hydrogen) atoms. The van der Waals surface area contributed by atoms with Crippen molar-refractivity contribution in [2.24, 2.45) is 11.8 Å². The number of nitrogens with zero attached hydrogens (tertiary/aromatic N) is 2. The lowest BCUT2D eigenvalue weighted by Crippen LogP contribution is -2.33. The first-order chi connectivity index (χ1) is 15.8. The maximum Gasteiger partial charge on any atom is 0.166 e. The van der Waals surface area contributed by atoms with Crippen LogP contribution in [0.1, 0.15) is 42.5 Å². The highest BCUT2D eigenvalue weighted by Gasteiger charge is 2.52. The standard InChI is InChI=1S/C28H26N2O2/c1-2-15-29-25(3-1)19-31-26-12-10-23(11-13-26)28(18-20-4-7-24(28)17-20)22-8-5-21(6-9-22)27-14-16-30-32-27/h1-3,5-6,8-16,20,24H,4,7,17-19H2. The van der Waals surface area contributed by atoms with Crippen molar-refractivity contribution in [3.63, 3.8) is 0 Å². The summed E-state index contributed by atoms with van der Waals surface area (Å²) in [4.78, 5) is 4.34. The molecule has 6 rings (SSSR count). The molecular weight excluding hydrogens is 396 g/mol. The van der Waals surface area contributed by atoms with Gasteiger partial charge in [-0.1, -0.05) is 54.0 Å². The highest BCUT2D eigenvalue weighted by atomic mass is 16.5. The maximum absolute atomic E-state index is 5.99. The fourth-order valence-corrected chi connectivity index (χ4v) is 5.99. The molecule has 2 saturated carbocycles. The second-order valence-electron chi connectivity index (χ2n) is 9.14. The third kappa shape index (κ3) is 3.31. The molecule has 4 heteroatoms. The summed E-state index contributed by atoms with van der Waals surface area (Å²) in [5.41, 5.74) is 4.91. The van der Waals surface area contributed by atoms with E-state index in [-0.39, 0.29) is 5.41 Å². The summed E-state index contributed by atoms with van der Waals surface area (Å²) in [5.74, 6) is 3.23. The van der Waals surface area contributed by atoms with E-state index in [0.717, 1.165) is 28.7 Å². The Bertz CT molecular complexity index is 1170. The Morgan fingerprint density at radius 1 is 0.875 bits per heavy atom. The zero-order chi connectivity index (χ0) is 21.4. The summed E-state index contributed by atoms with van der Waals surface area (Å²) in [6.07, 6.45) is 8.74. The highest BCUT2D eigenvalue weighted by Crippen LogP contribution is 2.60. The van der Waals surface area contributed by atoms with Crippen LogP contribution >= 0.6 is 0 Å². The van der Waals surface area contributed by atoms with E-state index in [1.165, 1.54) is 36.8 Å². The molecular formula is C28H26N2O2. The van der Waals surface area contributed by atoms with E-state index in [4.69, 9.17) is 9.26 Å². The van der Waals surface area contributed by atoms with Crippen LogP contribution in [0.25, 0.3) is 11.3 Å². The van der Waals surface area contributed by atoms with Crippen LogP contribution in [0.2, 0.25) is 0 Å². The lowest BCUT2D eigenvalue weighted by Gasteiger charge is -2.39. The van der Waals surface area contributed by atoms with Gasteiger partial charge in [0.25, 0.3) is 0 Å². The van der Waals surface area contributed by atoms with Crippen molar-refractivity contribution in [1.29, 1.82) is 0 Å². The molecule has 0 aliphatic heterocycles. The van der Waals surface area contributed by atoms with E-state index in [2.05, 4.69) is 58.7 Å². The lowest BCUT2D eigenvalue weighted by molar-refractivity contribution is 0.299. The van der Waals surface area contributed by atoms with Crippen LogP contribution in [0.5, 0.6) is 5.75 Å².